The number of nitrogens with one attached hydrogen (secondary N) is 3. The van der Waals surface area contributed by atoms with Crippen LogP contribution in [0.1, 0.15) is 48.8 Å². The van der Waals surface area contributed by atoms with Gasteiger partial charge in [0.15, 0.2) is 0 Å². The summed E-state index contributed by atoms with van der Waals surface area (Å²) in [5.41, 5.74) is -0.183. The number of anilines is 1. The molecule has 0 spiro atoms. The van der Waals surface area contributed by atoms with Crippen LogP contribution < -0.4 is 10.6 Å². The number of halogens is 3. The molecule has 170 valence electrons. The van der Waals surface area contributed by atoms with Crippen LogP contribution in [0.3, 0.4) is 0 Å². The van der Waals surface area contributed by atoms with Gasteiger partial charge >= 0.3 is 0 Å². The molecule has 1 atom stereocenters. The molecule has 2 aromatic heterocycles. The Morgan fingerprint density at radius 3 is 2.53 bits per heavy atom. The van der Waals surface area contributed by atoms with Crippen molar-refractivity contribution in [3.05, 3.63) is 64.6 Å². The third kappa shape index (κ3) is 5.67. The van der Waals surface area contributed by atoms with Crippen molar-refractivity contribution in [3.8, 4) is 11.3 Å². The smallest absolute Gasteiger partial charge is 0.281 e. The first-order valence-electron chi connectivity index (χ1n) is 9.93. The van der Waals surface area contributed by atoms with Crippen LogP contribution in [0.25, 0.3) is 11.3 Å². The predicted octanol–water partition coefficient (Wildman–Crippen LogP) is 4.77. The number of imidazole rings is 1. The van der Waals surface area contributed by atoms with Crippen LogP contribution >= 0.6 is 11.6 Å². The quantitative estimate of drug-likeness (QED) is 0.360. The maximum Gasteiger partial charge on any atom is 0.281 e. The molecule has 0 saturated heterocycles. The summed E-state index contributed by atoms with van der Waals surface area (Å²) in [4.78, 5) is 23.6. The Hall–Kier alpha value is -2.88. The lowest BCUT2D eigenvalue weighted by atomic mass is 10.0. The molecule has 32 heavy (non-hydrogen) atoms. The highest BCUT2D eigenvalue weighted by Gasteiger charge is 2.25. The molecule has 3 rings (SSSR count). The number of carbonyl (C=O) groups is 1. The van der Waals surface area contributed by atoms with E-state index < -0.39 is 23.8 Å². The topological polar surface area (TPSA) is 103 Å². The van der Waals surface area contributed by atoms with Gasteiger partial charge in [-0.2, -0.15) is 0 Å². The van der Waals surface area contributed by atoms with E-state index in [1.165, 1.54) is 18.5 Å². The van der Waals surface area contributed by atoms with Crippen molar-refractivity contribution in [1.29, 1.82) is 0 Å². The van der Waals surface area contributed by atoms with E-state index >= 15 is 0 Å². The number of rotatable bonds is 8. The summed E-state index contributed by atoms with van der Waals surface area (Å²) in [5.74, 6) is -0.763. The number of hydrogen-bond acceptors (Lipinski definition) is 5. The highest BCUT2D eigenvalue weighted by molar-refractivity contribution is 6.30. The lowest BCUT2D eigenvalue weighted by Crippen LogP contribution is -2.46. The molecular weight excluding hydrogens is 440 g/mol. The first kappa shape index (κ1) is 23.8. The SMILES string of the molecule is CC(C)C(C)(O)NCc1cnc(C(F)F)c(C(=O)Nc2ncc(-c3ccc(Cl)cc3)[nH]2)c1. The van der Waals surface area contributed by atoms with Crippen LogP contribution in [0.5, 0.6) is 0 Å². The van der Waals surface area contributed by atoms with Crippen molar-refractivity contribution >= 4 is 23.5 Å². The highest BCUT2D eigenvalue weighted by Crippen LogP contribution is 2.24. The Labute approximate surface area is 189 Å². The molecule has 0 aliphatic rings. The Morgan fingerprint density at radius 2 is 1.91 bits per heavy atom. The first-order valence-corrected chi connectivity index (χ1v) is 10.3. The van der Waals surface area contributed by atoms with Crippen LogP contribution in [0.2, 0.25) is 5.02 Å². The van der Waals surface area contributed by atoms with Gasteiger partial charge in [-0.25, -0.2) is 13.8 Å². The zero-order valence-electron chi connectivity index (χ0n) is 17.8. The molecule has 0 radical (unpaired) electrons. The summed E-state index contributed by atoms with van der Waals surface area (Å²) in [7, 11) is 0. The zero-order valence-corrected chi connectivity index (χ0v) is 18.5. The van der Waals surface area contributed by atoms with Crippen LogP contribution in [0.15, 0.2) is 42.7 Å². The van der Waals surface area contributed by atoms with Gasteiger partial charge in [-0.3, -0.25) is 20.4 Å². The minimum absolute atomic E-state index is 0.0904. The molecule has 0 saturated carbocycles. The number of pyridine rings is 1. The monoisotopic (exact) mass is 463 g/mol. The molecule has 1 amide bonds. The van der Waals surface area contributed by atoms with Gasteiger partial charge < -0.3 is 10.1 Å². The Bertz CT molecular complexity index is 1080. The average molecular weight is 464 g/mol. The van der Waals surface area contributed by atoms with E-state index in [0.29, 0.717) is 16.3 Å². The number of H-pyrrole nitrogens is 1. The number of aromatic amines is 1. The van der Waals surface area contributed by atoms with Crippen molar-refractivity contribution < 1.29 is 18.7 Å². The molecule has 0 fully saturated rings. The third-order valence-electron chi connectivity index (χ3n) is 5.16. The number of amides is 1. The average Bonchev–Trinajstić information content (AvgIpc) is 3.20. The molecule has 1 aromatic carbocycles. The van der Waals surface area contributed by atoms with Crippen molar-refractivity contribution in [2.75, 3.05) is 5.32 Å². The van der Waals surface area contributed by atoms with Crippen molar-refractivity contribution in [1.82, 2.24) is 20.3 Å². The molecule has 7 nitrogen and oxygen atoms in total. The van der Waals surface area contributed by atoms with Crippen molar-refractivity contribution in [2.45, 2.75) is 39.5 Å². The Kier molecular flexibility index (Phi) is 7.22. The Morgan fingerprint density at radius 1 is 1.22 bits per heavy atom. The van der Waals surface area contributed by atoms with Gasteiger partial charge in [0, 0.05) is 17.8 Å². The van der Waals surface area contributed by atoms with E-state index in [1.54, 1.807) is 31.2 Å². The first-order chi connectivity index (χ1) is 15.1. The molecule has 1 unspecified atom stereocenters. The second kappa shape index (κ2) is 9.72. The fourth-order valence-corrected chi connectivity index (χ4v) is 2.92. The molecule has 4 N–H and O–H groups in total. The normalized spacial score (nSPS) is 13.4. The number of benzene rings is 1. The molecule has 0 aliphatic heterocycles. The van der Waals surface area contributed by atoms with Gasteiger partial charge in [0.05, 0.1) is 17.5 Å². The number of nitrogens with zero attached hydrogens (tertiary/aromatic N) is 2. The van der Waals surface area contributed by atoms with E-state index in [4.69, 9.17) is 11.6 Å². The van der Waals surface area contributed by atoms with Gasteiger partial charge in [0.1, 0.15) is 11.4 Å². The summed E-state index contributed by atoms with van der Waals surface area (Å²) in [6, 6.07) is 8.32. The fourth-order valence-electron chi connectivity index (χ4n) is 2.79. The molecule has 10 heteroatoms. The standard InChI is InChI=1S/C22H24ClF2N5O2/c1-12(2)22(3,32)28-10-13-8-16(18(19(24)25)26-9-13)20(31)30-21-27-11-17(29-21)14-4-6-15(23)7-5-14/h4-9,11-12,19,28,32H,10H2,1-3H3,(H2,27,29,30,31). The predicted molar refractivity (Wildman–Crippen MR) is 118 cm³/mol. The molecule has 2 heterocycles. The van der Waals surface area contributed by atoms with E-state index in [-0.39, 0.29) is 24.0 Å². The van der Waals surface area contributed by atoms with Crippen molar-refractivity contribution in [3.63, 3.8) is 0 Å². The van der Waals surface area contributed by atoms with E-state index in [9.17, 15) is 18.7 Å². The minimum Gasteiger partial charge on any atom is -0.376 e. The summed E-state index contributed by atoms with van der Waals surface area (Å²) < 4.78 is 26.9. The summed E-state index contributed by atoms with van der Waals surface area (Å²) in [5, 5.41) is 16.3. The number of alkyl halides is 2. The Balaban J connectivity index is 1.79. The van der Waals surface area contributed by atoms with Gasteiger partial charge in [0.2, 0.25) is 5.95 Å². The van der Waals surface area contributed by atoms with Crippen LogP contribution in [0, 0.1) is 5.92 Å². The van der Waals surface area contributed by atoms with Crippen LogP contribution in [-0.4, -0.2) is 31.7 Å². The van der Waals surface area contributed by atoms with Gasteiger partial charge in [-0.1, -0.05) is 37.6 Å². The highest BCUT2D eigenvalue weighted by atomic mass is 35.5. The van der Waals surface area contributed by atoms with E-state index in [1.807, 2.05) is 13.8 Å². The second-order valence-electron chi connectivity index (χ2n) is 7.84. The van der Waals surface area contributed by atoms with E-state index in [0.717, 1.165) is 5.56 Å². The lowest BCUT2D eigenvalue weighted by molar-refractivity contribution is -0.0214. The zero-order chi connectivity index (χ0) is 23.5. The van der Waals surface area contributed by atoms with Gasteiger partial charge in [0.25, 0.3) is 12.3 Å². The summed E-state index contributed by atoms with van der Waals surface area (Å²) in [6.07, 6.45) is -0.162. The minimum atomic E-state index is -2.93. The molecule has 3 aromatic rings. The number of carbonyl (C=O) groups excluding carboxylic acids is 1. The molecule has 0 bridgehead atoms. The lowest BCUT2D eigenvalue weighted by Gasteiger charge is -2.29. The summed E-state index contributed by atoms with van der Waals surface area (Å²) >= 11 is 5.89. The van der Waals surface area contributed by atoms with Gasteiger partial charge in [-0.15, -0.1) is 0 Å². The van der Waals surface area contributed by atoms with Crippen LogP contribution in [0.4, 0.5) is 14.7 Å². The van der Waals surface area contributed by atoms with Crippen LogP contribution in [-0.2, 0) is 6.54 Å². The maximum absolute atomic E-state index is 13.5. The number of aliphatic hydroxyl groups is 1. The molecule has 0 aliphatic carbocycles. The maximum atomic E-state index is 13.5. The second-order valence-corrected chi connectivity index (χ2v) is 8.28. The largest absolute Gasteiger partial charge is 0.376 e. The fraction of sp³-hybridized carbons (Fsp3) is 0.318. The molecular formula is C22H24ClF2N5O2. The number of aromatic nitrogens is 3. The van der Waals surface area contributed by atoms with Crippen molar-refractivity contribution in [2.24, 2.45) is 5.92 Å². The summed E-state index contributed by atoms with van der Waals surface area (Å²) in [6.45, 7) is 5.43. The number of hydrogen-bond donors (Lipinski definition) is 4. The van der Waals surface area contributed by atoms with E-state index in [2.05, 4.69) is 25.6 Å². The third-order valence-corrected chi connectivity index (χ3v) is 5.42. The van der Waals surface area contributed by atoms with Gasteiger partial charge in [-0.05, 0) is 42.2 Å².